The molecule has 9 heteroatoms. The van der Waals surface area contributed by atoms with Gasteiger partial charge in [0.25, 0.3) is 5.91 Å². The van der Waals surface area contributed by atoms with Crippen LogP contribution in [0.25, 0.3) is 10.6 Å². The molecule has 24 heavy (non-hydrogen) atoms. The topological polar surface area (TPSA) is 110 Å². The molecule has 0 bridgehead atoms. The number of hydrogen-bond acceptors (Lipinski definition) is 6. The van der Waals surface area contributed by atoms with E-state index in [1.54, 1.807) is 17.8 Å². The highest BCUT2D eigenvalue weighted by molar-refractivity contribution is 7.17. The molecule has 3 aromatic heterocycles. The van der Waals surface area contributed by atoms with E-state index in [1.165, 1.54) is 29.7 Å². The van der Waals surface area contributed by atoms with Gasteiger partial charge < -0.3 is 10.4 Å². The van der Waals surface area contributed by atoms with Gasteiger partial charge in [-0.3, -0.25) is 9.48 Å². The van der Waals surface area contributed by atoms with E-state index < -0.39 is 5.97 Å². The van der Waals surface area contributed by atoms with Crippen molar-refractivity contribution in [1.29, 1.82) is 0 Å². The van der Waals surface area contributed by atoms with Gasteiger partial charge in [-0.15, -0.1) is 11.3 Å². The molecule has 0 radical (unpaired) electrons. The lowest BCUT2D eigenvalue weighted by atomic mass is 10.3. The van der Waals surface area contributed by atoms with Gasteiger partial charge in [-0.2, -0.15) is 5.10 Å². The number of carbonyl (C=O) groups excluding carboxylic acids is 1. The van der Waals surface area contributed by atoms with E-state index in [0.29, 0.717) is 15.6 Å². The third kappa shape index (κ3) is 3.15. The van der Waals surface area contributed by atoms with E-state index in [2.05, 4.69) is 20.4 Å². The van der Waals surface area contributed by atoms with Gasteiger partial charge in [-0.1, -0.05) is 0 Å². The van der Waals surface area contributed by atoms with Crippen molar-refractivity contribution in [3.63, 3.8) is 0 Å². The number of carboxylic acids is 1. The summed E-state index contributed by atoms with van der Waals surface area (Å²) < 4.78 is 1.67. The number of thiazole rings is 1. The Morgan fingerprint density at radius 2 is 2.08 bits per heavy atom. The molecule has 3 aromatic rings. The standard InChI is InChI=1S/C15H13N5O3S/c1-8-12(24-14(18-8)10-6-17-20(2)7-10)13(21)19-11-4-3-9(5-16-11)15(22)23/h3-7H,1-2H3,(H,22,23)(H,16,19,21). The first-order chi connectivity index (χ1) is 11.4. The average Bonchev–Trinajstić information content (AvgIpc) is 3.13. The maximum absolute atomic E-state index is 12.4. The highest BCUT2D eigenvalue weighted by atomic mass is 32.1. The molecule has 0 unspecified atom stereocenters. The Morgan fingerprint density at radius 3 is 2.67 bits per heavy atom. The van der Waals surface area contributed by atoms with E-state index in [4.69, 9.17) is 5.11 Å². The number of aryl methyl sites for hydroxylation is 2. The SMILES string of the molecule is Cc1nc(-c2cnn(C)c2)sc1C(=O)Nc1ccc(C(=O)O)cn1. The molecule has 0 aliphatic rings. The van der Waals surface area contributed by atoms with Crippen LogP contribution in [-0.2, 0) is 7.05 Å². The summed E-state index contributed by atoms with van der Waals surface area (Å²) in [6.07, 6.45) is 4.71. The minimum Gasteiger partial charge on any atom is -0.478 e. The van der Waals surface area contributed by atoms with E-state index in [1.807, 2.05) is 13.2 Å². The van der Waals surface area contributed by atoms with Crippen LogP contribution in [0.4, 0.5) is 5.82 Å². The summed E-state index contributed by atoms with van der Waals surface area (Å²) in [5, 5.41) is 16.3. The van der Waals surface area contributed by atoms with Gasteiger partial charge in [0, 0.05) is 25.0 Å². The summed E-state index contributed by atoms with van der Waals surface area (Å²) in [5.41, 5.74) is 1.51. The van der Waals surface area contributed by atoms with Crippen LogP contribution in [0, 0.1) is 6.92 Å². The number of aromatic nitrogens is 4. The fourth-order valence-corrected chi connectivity index (χ4v) is 2.97. The van der Waals surface area contributed by atoms with Crippen molar-refractivity contribution in [2.75, 3.05) is 5.32 Å². The van der Waals surface area contributed by atoms with Gasteiger partial charge in [0.05, 0.1) is 17.5 Å². The van der Waals surface area contributed by atoms with E-state index in [-0.39, 0.29) is 17.3 Å². The largest absolute Gasteiger partial charge is 0.478 e. The fourth-order valence-electron chi connectivity index (χ4n) is 2.03. The van der Waals surface area contributed by atoms with Crippen molar-refractivity contribution in [3.05, 3.63) is 46.9 Å². The maximum atomic E-state index is 12.4. The monoisotopic (exact) mass is 343 g/mol. The van der Waals surface area contributed by atoms with Gasteiger partial charge in [0.1, 0.15) is 15.7 Å². The molecule has 0 aromatic carbocycles. The molecule has 0 spiro atoms. The van der Waals surface area contributed by atoms with Gasteiger partial charge >= 0.3 is 5.97 Å². The Morgan fingerprint density at radius 1 is 1.29 bits per heavy atom. The molecule has 122 valence electrons. The van der Waals surface area contributed by atoms with Crippen LogP contribution in [0.1, 0.15) is 25.7 Å². The second-order valence-corrected chi connectivity index (χ2v) is 6.03. The highest BCUT2D eigenvalue weighted by Crippen LogP contribution is 2.28. The lowest BCUT2D eigenvalue weighted by Crippen LogP contribution is -2.13. The number of nitrogens with one attached hydrogen (secondary N) is 1. The molecule has 0 saturated carbocycles. The van der Waals surface area contributed by atoms with Crippen molar-refractivity contribution in [1.82, 2.24) is 19.7 Å². The first kappa shape index (κ1) is 15.8. The Hall–Kier alpha value is -3.07. The molecule has 0 aliphatic heterocycles. The van der Waals surface area contributed by atoms with Crippen molar-refractivity contribution in [2.45, 2.75) is 6.92 Å². The zero-order valence-electron chi connectivity index (χ0n) is 12.8. The molecule has 0 saturated heterocycles. The third-order valence-electron chi connectivity index (χ3n) is 3.21. The minimum absolute atomic E-state index is 0.0563. The summed E-state index contributed by atoms with van der Waals surface area (Å²) in [5.74, 6) is -1.13. The van der Waals surface area contributed by atoms with Crippen LogP contribution >= 0.6 is 11.3 Å². The van der Waals surface area contributed by atoms with Gasteiger partial charge in [-0.25, -0.2) is 14.8 Å². The number of rotatable bonds is 4. The van der Waals surface area contributed by atoms with Crippen LogP contribution in [0.3, 0.4) is 0 Å². The lowest BCUT2D eigenvalue weighted by molar-refractivity contribution is 0.0696. The van der Waals surface area contributed by atoms with E-state index in [9.17, 15) is 9.59 Å². The molecule has 0 atom stereocenters. The average molecular weight is 343 g/mol. The van der Waals surface area contributed by atoms with E-state index >= 15 is 0 Å². The maximum Gasteiger partial charge on any atom is 0.337 e. The lowest BCUT2D eigenvalue weighted by Gasteiger charge is -2.03. The fraction of sp³-hybridized carbons (Fsp3) is 0.133. The number of nitrogens with zero attached hydrogens (tertiary/aromatic N) is 4. The summed E-state index contributed by atoms with van der Waals surface area (Å²) in [6, 6.07) is 2.82. The smallest absolute Gasteiger partial charge is 0.337 e. The summed E-state index contributed by atoms with van der Waals surface area (Å²) >= 11 is 1.26. The second kappa shape index (κ2) is 6.20. The molecular weight excluding hydrogens is 330 g/mol. The number of amides is 1. The second-order valence-electron chi connectivity index (χ2n) is 5.03. The molecule has 0 fully saturated rings. The Bertz CT molecular complexity index is 914. The first-order valence-electron chi connectivity index (χ1n) is 6.91. The number of carbonyl (C=O) groups is 2. The summed E-state index contributed by atoms with van der Waals surface area (Å²) in [6.45, 7) is 1.76. The van der Waals surface area contributed by atoms with Crippen molar-refractivity contribution < 1.29 is 14.7 Å². The Labute approximate surface area is 140 Å². The molecule has 0 aliphatic carbocycles. The molecular formula is C15H13N5O3S. The molecule has 8 nitrogen and oxygen atoms in total. The number of aromatic carboxylic acids is 1. The zero-order chi connectivity index (χ0) is 17.3. The van der Waals surface area contributed by atoms with Crippen LogP contribution in [0.5, 0.6) is 0 Å². The summed E-state index contributed by atoms with van der Waals surface area (Å²) in [7, 11) is 1.81. The van der Waals surface area contributed by atoms with Crippen molar-refractivity contribution in [3.8, 4) is 10.6 Å². The molecule has 2 N–H and O–H groups in total. The van der Waals surface area contributed by atoms with Gasteiger partial charge in [0.2, 0.25) is 0 Å². The number of hydrogen-bond donors (Lipinski definition) is 2. The van der Waals surface area contributed by atoms with Gasteiger partial charge in [0.15, 0.2) is 0 Å². The molecule has 3 rings (SSSR count). The predicted molar refractivity (Wildman–Crippen MR) is 88.2 cm³/mol. The van der Waals surface area contributed by atoms with Gasteiger partial charge in [-0.05, 0) is 19.1 Å². The number of carboxylic acid groups (broad SMARTS) is 1. The number of pyridine rings is 1. The zero-order valence-corrected chi connectivity index (χ0v) is 13.7. The van der Waals surface area contributed by atoms with Crippen LogP contribution in [0.15, 0.2) is 30.7 Å². The third-order valence-corrected chi connectivity index (χ3v) is 4.41. The van der Waals surface area contributed by atoms with Crippen molar-refractivity contribution >= 4 is 29.0 Å². The minimum atomic E-state index is -1.07. The van der Waals surface area contributed by atoms with Crippen LogP contribution in [0.2, 0.25) is 0 Å². The highest BCUT2D eigenvalue weighted by Gasteiger charge is 2.17. The van der Waals surface area contributed by atoms with Crippen LogP contribution < -0.4 is 5.32 Å². The predicted octanol–water partition coefficient (Wildman–Crippen LogP) is 2.20. The quantitative estimate of drug-likeness (QED) is 0.751. The Balaban J connectivity index is 1.80. The van der Waals surface area contributed by atoms with Crippen LogP contribution in [-0.4, -0.2) is 36.7 Å². The Kier molecular flexibility index (Phi) is 4.09. The molecule has 1 amide bonds. The van der Waals surface area contributed by atoms with E-state index in [0.717, 1.165) is 5.56 Å². The van der Waals surface area contributed by atoms with Crippen molar-refractivity contribution in [2.24, 2.45) is 7.05 Å². The summed E-state index contributed by atoms with van der Waals surface area (Å²) in [4.78, 5) is 32.0. The molecule has 3 heterocycles. The number of anilines is 1. The first-order valence-corrected chi connectivity index (χ1v) is 7.73. The normalized spacial score (nSPS) is 10.6.